The molecule has 2 aromatic rings. The highest BCUT2D eigenvalue weighted by Crippen LogP contribution is 2.34. The number of carbonyl (C=O) groups is 1. The second kappa shape index (κ2) is 14.3. The lowest BCUT2D eigenvalue weighted by Gasteiger charge is -2.28. The summed E-state index contributed by atoms with van der Waals surface area (Å²) >= 11 is 0. The first kappa shape index (κ1) is 27.3. The Balaban J connectivity index is 1.36. The lowest BCUT2D eigenvalue weighted by Crippen LogP contribution is -2.15. The molecule has 0 unspecified atom stereocenters. The van der Waals surface area contributed by atoms with E-state index in [1.165, 1.54) is 89.2 Å². The predicted octanol–water partition coefficient (Wildman–Crippen LogP) is 9.20. The fraction of sp³-hybridized carbons (Fsp3) is 0.567. The summed E-state index contributed by atoms with van der Waals surface area (Å²) in [6.07, 6.45) is 17.9. The molecule has 1 aliphatic rings. The molecule has 0 radical (unpaired) electrons. The van der Waals surface area contributed by atoms with E-state index in [0.29, 0.717) is 5.92 Å². The number of aryl methyl sites for hydroxylation is 1. The van der Waals surface area contributed by atoms with E-state index in [0.717, 1.165) is 42.5 Å². The summed E-state index contributed by atoms with van der Waals surface area (Å²) in [4.78, 5) is 12.3. The molecule has 5 heteroatoms. The van der Waals surface area contributed by atoms with Gasteiger partial charge in [-0.25, -0.2) is 18.0 Å². The number of unbranched alkanes of at least 4 members (excludes halogenated alkanes) is 6. The van der Waals surface area contributed by atoms with Gasteiger partial charge in [0.1, 0.15) is 11.6 Å². The summed E-state index contributed by atoms with van der Waals surface area (Å²) in [6, 6.07) is 7.30. The summed E-state index contributed by atoms with van der Waals surface area (Å²) in [5.41, 5.74) is 0.640. The molecular weight excluding hydrogens is 449 g/mol. The number of esters is 1. The van der Waals surface area contributed by atoms with Crippen LogP contribution in [0, 0.1) is 29.3 Å². The third kappa shape index (κ3) is 9.01. The summed E-state index contributed by atoms with van der Waals surface area (Å²) in [5.74, 6) is -2.37. The van der Waals surface area contributed by atoms with Crippen molar-refractivity contribution >= 4 is 5.97 Å². The Bertz CT molecular complexity index is 935. The first-order valence-electron chi connectivity index (χ1n) is 13.4. The van der Waals surface area contributed by atoms with Gasteiger partial charge in [0.05, 0.1) is 5.56 Å². The molecule has 0 N–H and O–H groups in total. The van der Waals surface area contributed by atoms with Gasteiger partial charge in [0.25, 0.3) is 0 Å². The molecule has 0 heterocycles. The number of hydrogen-bond donors (Lipinski definition) is 0. The van der Waals surface area contributed by atoms with Crippen LogP contribution in [0.2, 0.25) is 0 Å². The molecule has 0 spiro atoms. The third-order valence-corrected chi connectivity index (χ3v) is 7.38. The summed E-state index contributed by atoms with van der Waals surface area (Å²) in [6.45, 7) is 2.26. The number of carbonyl (C=O) groups excluding carboxylic acids is 1. The second-order valence-corrected chi connectivity index (χ2v) is 10.1. The summed E-state index contributed by atoms with van der Waals surface area (Å²) < 4.78 is 45.9. The first-order valence-corrected chi connectivity index (χ1v) is 13.4. The molecule has 1 fully saturated rings. The van der Waals surface area contributed by atoms with E-state index < -0.39 is 23.4 Å². The monoisotopic (exact) mass is 488 g/mol. The highest BCUT2D eigenvalue weighted by molar-refractivity contribution is 5.91. The average molecular weight is 489 g/mol. The van der Waals surface area contributed by atoms with Crippen LogP contribution in [-0.2, 0) is 6.42 Å². The van der Waals surface area contributed by atoms with Gasteiger partial charge in [0, 0.05) is 6.07 Å². The molecule has 0 atom stereocenters. The molecule has 2 aromatic carbocycles. The van der Waals surface area contributed by atoms with Crippen molar-refractivity contribution in [3.05, 3.63) is 65.0 Å². The maximum absolute atomic E-state index is 14.6. The van der Waals surface area contributed by atoms with E-state index in [9.17, 15) is 18.0 Å². The number of ether oxygens (including phenoxy) is 1. The van der Waals surface area contributed by atoms with Crippen molar-refractivity contribution in [2.45, 2.75) is 96.8 Å². The predicted molar refractivity (Wildman–Crippen MR) is 134 cm³/mol. The highest BCUT2D eigenvalue weighted by atomic mass is 19.2. The number of benzene rings is 2. The zero-order valence-corrected chi connectivity index (χ0v) is 21.0. The minimum Gasteiger partial charge on any atom is -0.423 e. The average Bonchev–Trinajstić information content (AvgIpc) is 2.85. The number of rotatable bonds is 13. The standard InChI is InChI=1S/C30H39F3O2/c1-2-3-4-5-6-7-8-9-22-10-12-23(13-11-22)14-15-24-16-18-26(28(32)20-24)30(34)35-25-17-19-27(31)29(33)21-25/h16-23H,2-15H2,1H3. The fourth-order valence-corrected chi connectivity index (χ4v) is 5.15. The van der Waals surface area contributed by atoms with Crippen LogP contribution in [0.4, 0.5) is 13.2 Å². The Morgan fingerprint density at radius 3 is 2.09 bits per heavy atom. The maximum Gasteiger partial charge on any atom is 0.346 e. The molecule has 1 saturated carbocycles. The summed E-state index contributed by atoms with van der Waals surface area (Å²) in [7, 11) is 0. The molecular formula is C30H39F3O2. The van der Waals surface area contributed by atoms with Crippen LogP contribution in [0.15, 0.2) is 36.4 Å². The van der Waals surface area contributed by atoms with Crippen LogP contribution < -0.4 is 4.74 Å². The second-order valence-electron chi connectivity index (χ2n) is 10.1. The molecule has 3 rings (SSSR count). The molecule has 0 bridgehead atoms. The van der Waals surface area contributed by atoms with Gasteiger partial charge in [0.2, 0.25) is 0 Å². The van der Waals surface area contributed by atoms with Gasteiger partial charge < -0.3 is 4.74 Å². The molecule has 0 aliphatic heterocycles. The molecule has 2 nitrogen and oxygen atoms in total. The van der Waals surface area contributed by atoms with E-state index in [1.807, 2.05) is 0 Å². The van der Waals surface area contributed by atoms with E-state index >= 15 is 0 Å². The van der Waals surface area contributed by atoms with Crippen LogP contribution >= 0.6 is 0 Å². The van der Waals surface area contributed by atoms with E-state index in [1.54, 1.807) is 6.07 Å². The zero-order chi connectivity index (χ0) is 25.0. The van der Waals surface area contributed by atoms with Crippen molar-refractivity contribution in [3.8, 4) is 5.75 Å². The third-order valence-electron chi connectivity index (χ3n) is 7.38. The van der Waals surface area contributed by atoms with Crippen LogP contribution in [-0.4, -0.2) is 5.97 Å². The van der Waals surface area contributed by atoms with Crippen molar-refractivity contribution in [1.29, 1.82) is 0 Å². The van der Waals surface area contributed by atoms with E-state index in [2.05, 4.69) is 6.92 Å². The molecule has 0 aromatic heterocycles. The quantitative estimate of drug-likeness (QED) is 0.160. The smallest absolute Gasteiger partial charge is 0.346 e. The molecule has 0 amide bonds. The van der Waals surface area contributed by atoms with Gasteiger partial charge in [-0.05, 0) is 54.5 Å². The number of halogens is 3. The Kier molecular flexibility index (Phi) is 11.2. The zero-order valence-electron chi connectivity index (χ0n) is 21.0. The van der Waals surface area contributed by atoms with Gasteiger partial charge in [-0.2, -0.15) is 0 Å². The van der Waals surface area contributed by atoms with Crippen LogP contribution in [0.5, 0.6) is 5.75 Å². The highest BCUT2D eigenvalue weighted by Gasteiger charge is 2.21. The van der Waals surface area contributed by atoms with Gasteiger partial charge in [-0.1, -0.05) is 90.0 Å². The Morgan fingerprint density at radius 2 is 1.43 bits per heavy atom. The normalized spacial score (nSPS) is 17.9. The number of hydrogen-bond acceptors (Lipinski definition) is 2. The molecule has 192 valence electrons. The van der Waals surface area contributed by atoms with Crippen molar-refractivity contribution in [2.75, 3.05) is 0 Å². The van der Waals surface area contributed by atoms with Gasteiger partial charge in [0.15, 0.2) is 11.6 Å². The van der Waals surface area contributed by atoms with E-state index in [-0.39, 0.29) is 11.3 Å². The first-order chi connectivity index (χ1) is 17.0. The van der Waals surface area contributed by atoms with Crippen molar-refractivity contribution in [2.24, 2.45) is 11.8 Å². The summed E-state index contributed by atoms with van der Waals surface area (Å²) in [5, 5.41) is 0. The minimum atomic E-state index is -1.13. The Hall–Kier alpha value is -2.30. The van der Waals surface area contributed by atoms with Crippen LogP contribution in [0.1, 0.15) is 106 Å². The van der Waals surface area contributed by atoms with Gasteiger partial charge in [-0.15, -0.1) is 0 Å². The molecule has 35 heavy (non-hydrogen) atoms. The van der Waals surface area contributed by atoms with Gasteiger partial charge >= 0.3 is 5.97 Å². The van der Waals surface area contributed by atoms with Crippen LogP contribution in [0.25, 0.3) is 0 Å². The lowest BCUT2D eigenvalue weighted by atomic mass is 9.77. The van der Waals surface area contributed by atoms with Crippen molar-refractivity contribution in [1.82, 2.24) is 0 Å². The Morgan fingerprint density at radius 1 is 0.771 bits per heavy atom. The minimum absolute atomic E-state index is 0.167. The van der Waals surface area contributed by atoms with Gasteiger partial charge in [-0.3, -0.25) is 0 Å². The van der Waals surface area contributed by atoms with Crippen LogP contribution in [0.3, 0.4) is 0 Å². The fourth-order valence-electron chi connectivity index (χ4n) is 5.15. The topological polar surface area (TPSA) is 26.3 Å². The molecule has 0 saturated heterocycles. The Labute approximate surface area is 208 Å². The van der Waals surface area contributed by atoms with E-state index in [4.69, 9.17) is 4.74 Å². The molecule has 1 aliphatic carbocycles. The van der Waals surface area contributed by atoms with Crippen molar-refractivity contribution in [3.63, 3.8) is 0 Å². The largest absolute Gasteiger partial charge is 0.423 e. The van der Waals surface area contributed by atoms with Crippen molar-refractivity contribution < 1.29 is 22.7 Å². The maximum atomic E-state index is 14.6. The SMILES string of the molecule is CCCCCCCCCC1CCC(CCc2ccc(C(=O)Oc3ccc(F)c(F)c3)c(F)c2)CC1. The lowest BCUT2D eigenvalue weighted by molar-refractivity contribution is 0.0729.